The van der Waals surface area contributed by atoms with Crippen molar-refractivity contribution in [1.82, 2.24) is 0 Å². The predicted octanol–water partition coefficient (Wildman–Crippen LogP) is 2.72. The van der Waals surface area contributed by atoms with Gasteiger partial charge in [0.05, 0.1) is 12.2 Å². The lowest BCUT2D eigenvalue weighted by Gasteiger charge is -2.03. The first-order chi connectivity index (χ1) is 6.69. The van der Waals surface area contributed by atoms with Gasteiger partial charge in [-0.2, -0.15) is 0 Å². The molecule has 76 valence electrons. The first-order valence-electron chi connectivity index (χ1n) is 4.19. The number of hydrogen-bond donors (Lipinski definition) is 0. The molecule has 0 bridgehead atoms. The van der Waals surface area contributed by atoms with Crippen LogP contribution in [0.2, 0.25) is 0 Å². The highest BCUT2D eigenvalue weighted by molar-refractivity contribution is 7.98. The zero-order valence-corrected chi connectivity index (χ0v) is 8.86. The SMILES string of the molecule is CCOC(=O)c1ccc(F)c(SC)c1. The zero-order chi connectivity index (χ0) is 10.6. The summed E-state index contributed by atoms with van der Waals surface area (Å²) in [5, 5.41) is 0. The van der Waals surface area contributed by atoms with Gasteiger partial charge < -0.3 is 4.74 Å². The normalized spacial score (nSPS) is 9.93. The molecule has 0 N–H and O–H groups in total. The van der Waals surface area contributed by atoms with Gasteiger partial charge in [-0.1, -0.05) is 0 Å². The van der Waals surface area contributed by atoms with Crippen molar-refractivity contribution in [2.75, 3.05) is 12.9 Å². The average Bonchev–Trinajstić information content (AvgIpc) is 2.19. The van der Waals surface area contributed by atoms with E-state index in [0.717, 1.165) is 0 Å². The molecule has 0 aromatic heterocycles. The molecule has 0 atom stereocenters. The monoisotopic (exact) mass is 214 g/mol. The van der Waals surface area contributed by atoms with E-state index < -0.39 is 5.97 Å². The third kappa shape index (κ3) is 2.48. The summed E-state index contributed by atoms with van der Waals surface area (Å²) >= 11 is 1.26. The maximum Gasteiger partial charge on any atom is 0.338 e. The third-order valence-electron chi connectivity index (χ3n) is 1.66. The van der Waals surface area contributed by atoms with Crippen LogP contribution in [0.5, 0.6) is 0 Å². The first kappa shape index (κ1) is 11.0. The molecule has 1 aromatic carbocycles. The first-order valence-corrected chi connectivity index (χ1v) is 5.42. The van der Waals surface area contributed by atoms with Crippen molar-refractivity contribution in [2.24, 2.45) is 0 Å². The molecule has 14 heavy (non-hydrogen) atoms. The summed E-state index contributed by atoms with van der Waals surface area (Å²) in [7, 11) is 0. The van der Waals surface area contributed by atoms with E-state index in [4.69, 9.17) is 4.74 Å². The van der Waals surface area contributed by atoms with E-state index in [9.17, 15) is 9.18 Å². The molecule has 0 aliphatic heterocycles. The minimum atomic E-state index is -0.414. The standard InChI is InChI=1S/C10H11FO2S/c1-3-13-10(12)7-4-5-8(11)9(6-7)14-2/h4-6H,3H2,1-2H3. The number of carbonyl (C=O) groups excluding carboxylic acids is 1. The van der Waals surface area contributed by atoms with Crippen LogP contribution in [-0.2, 0) is 4.74 Å². The molecular formula is C10H11FO2S. The van der Waals surface area contributed by atoms with Crippen molar-refractivity contribution in [1.29, 1.82) is 0 Å². The molecule has 2 nitrogen and oxygen atoms in total. The molecule has 0 radical (unpaired) electrons. The number of esters is 1. The summed E-state index contributed by atoms with van der Waals surface area (Å²) in [5.74, 6) is -0.728. The Morgan fingerprint density at radius 3 is 2.86 bits per heavy atom. The molecule has 0 unspecified atom stereocenters. The van der Waals surface area contributed by atoms with Crippen LogP contribution in [0.1, 0.15) is 17.3 Å². The van der Waals surface area contributed by atoms with Gasteiger partial charge in [0.1, 0.15) is 5.82 Å². The van der Waals surface area contributed by atoms with Crippen LogP contribution in [0.25, 0.3) is 0 Å². The maximum atomic E-state index is 13.0. The highest BCUT2D eigenvalue weighted by atomic mass is 32.2. The maximum absolute atomic E-state index is 13.0. The second kappa shape index (κ2) is 5.00. The Kier molecular flexibility index (Phi) is 3.95. The molecule has 0 saturated heterocycles. The second-order valence-electron chi connectivity index (χ2n) is 2.57. The van der Waals surface area contributed by atoms with Gasteiger partial charge in [-0.3, -0.25) is 0 Å². The van der Waals surface area contributed by atoms with Crippen molar-refractivity contribution >= 4 is 17.7 Å². The quantitative estimate of drug-likeness (QED) is 0.571. The van der Waals surface area contributed by atoms with Crippen molar-refractivity contribution in [2.45, 2.75) is 11.8 Å². The van der Waals surface area contributed by atoms with Crippen molar-refractivity contribution < 1.29 is 13.9 Å². The Balaban J connectivity index is 2.94. The Labute approximate surface area is 86.5 Å². The van der Waals surface area contributed by atoms with E-state index in [2.05, 4.69) is 0 Å². The van der Waals surface area contributed by atoms with Gasteiger partial charge in [0.2, 0.25) is 0 Å². The van der Waals surface area contributed by atoms with Crippen molar-refractivity contribution in [3.63, 3.8) is 0 Å². The average molecular weight is 214 g/mol. The highest BCUT2D eigenvalue weighted by Crippen LogP contribution is 2.20. The molecule has 4 heteroatoms. The van der Waals surface area contributed by atoms with Gasteiger partial charge in [0.15, 0.2) is 0 Å². The lowest BCUT2D eigenvalue weighted by Crippen LogP contribution is -2.04. The van der Waals surface area contributed by atoms with Crippen molar-refractivity contribution in [3.05, 3.63) is 29.6 Å². The van der Waals surface area contributed by atoms with Gasteiger partial charge >= 0.3 is 5.97 Å². The summed E-state index contributed by atoms with van der Waals surface area (Å²) in [4.78, 5) is 11.7. The summed E-state index contributed by atoms with van der Waals surface area (Å²) in [5.41, 5.74) is 0.387. The van der Waals surface area contributed by atoms with Crippen LogP contribution in [0.4, 0.5) is 4.39 Å². The molecular weight excluding hydrogens is 203 g/mol. The van der Waals surface area contributed by atoms with Gasteiger partial charge in [-0.05, 0) is 31.4 Å². The Morgan fingerprint density at radius 2 is 2.29 bits per heavy atom. The molecule has 1 rings (SSSR count). The molecule has 0 saturated carbocycles. The van der Waals surface area contributed by atoms with E-state index in [0.29, 0.717) is 17.1 Å². The number of rotatable bonds is 3. The van der Waals surface area contributed by atoms with Crippen LogP contribution in [0.15, 0.2) is 23.1 Å². The van der Waals surface area contributed by atoms with E-state index in [1.54, 1.807) is 13.2 Å². The molecule has 0 aliphatic rings. The van der Waals surface area contributed by atoms with Crippen LogP contribution in [-0.4, -0.2) is 18.8 Å². The van der Waals surface area contributed by atoms with Gasteiger partial charge in [0.25, 0.3) is 0 Å². The fraction of sp³-hybridized carbons (Fsp3) is 0.300. The smallest absolute Gasteiger partial charge is 0.338 e. The highest BCUT2D eigenvalue weighted by Gasteiger charge is 2.09. The molecule has 1 aromatic rings. The van der Waals surface area contributed by atoms with E-state index in [1.165, 1.54) is 30.0 Å². The lowest BCUT2D eigenvalue weighted by atomic mass is 10.2. The fourth-order valence-electron chi connectivity index (χ4n) is 1.00. The number of halogens is 1. The van der Waals surface area contributed by atoms with Crippen molar-refractivity contribution in [3.8, 4) is 0 Å². The lowest BCUT2D eigenvalue weighted by molar-refractivity contribution is 0.0526. The molecule has 0 amide bonds. The largest absolute Gasteiger partial charge is 0.462 e. The minimum absolute atomic E-state index is 0.314. The number of benzene rings is 1. The van der Waals surface area contributed by atoms with Gasteiger partial charge in [-0.25, -0.2) is 9.18 Å². The van der Waals surface area contributed by atoms with Crippen LogP contribution < -0.4 is 0 Å². The topological polar surface area (TPSA) is 26.3 Å². The van der Waals surface area contributed by atoms with E-state index >= 15 is 0 Å². The third-order valence-corrected chi connectivity index (χ3v) is 2.41. The summed E-state index contributed by atoms with van der Waals surface area (Å²) in [6.45, 7) is 2.06. The number of ether oxygens (including phenoxy) is 1. The summed E-state index contributed by atoms with van der Waals surface area (Å²) in [6.07, 6.45) is 1.76. The molecule has 0 aliphatic carbocycles. The minimum Gasteiger partial charge on any atom is -0.462 e. The Hall–Kier alpha value is -1.03. The Bertz CT molecular complexity index is 339. The summed E-state index contributed by atoms with van der Waals surface area (Å²) < 4.78 is 17.8. The van der Waals surface area contributed by atoms with Crippen LogP contribution in [0.3, 0.4) is 0 Å². The van der Waals surface area contributed by atoms with Crippen LogP contribution in [0, 0.1) is 5.82 Å². The van der Waals surface area contributed by atoms with Crippen LogP contribution >= 0.6 is 11.8 Å². The zero-order valence-electron chi connectivity index (χ0n) is 8.04. The number of thioether (sulfide) groups is 1. The Morgan fingerprint density at radius 1 is 1.57 bits per heavy atom. The van der Waals surface area contributed by atoms with Gasteiger partial charge in [0, 0.05) is 4.90 Å². The second-order valence-corrected chi connectivity index (χ2v) is 3.42. The van der Waals surface area contributed by atoms with Gasteiger partial charge in [-0.15, -0.1) is 11.8 Å². The fourth-order valence-corrected chi connectivity index (χ4v) is 1.51. The predicted molar refractivity (Wildman–Crippen MR) is 54.1 cm³/mol. The van der Waals surface area contributed by atoms with E-state index in [1.807, 2.05) is 0 Å². The number of carbonyl (C=O) groups is 1. The molecule has 0 heterocycles. The molecule has 0 fully saturated rings. The van der Waals surface area contributed by atoms with E-state index in [-0.39, 0.29) is 5.82 Å². The molecule has 0 spiro atoms. The number of hydrogen-bond acceptors (Lipinski definition) is 3. The summed E-state index contributed by atoms with van der Waals surface area (Å²) in [6, 6.07) is 4.20.